The van der Waals surface area contributed by atoms with Gasteiger partial charge in [0.05, 0.1) is 6.42 Å². The van der Waals surface area contributed by atoms with Crippen LogP contribution in [0.2, 0.25) is 0 Å². The van der Waals surface area contributed by atoms with Gasteiger partial charge in [0.15, 0.2) is 0 Å². The highest BCUT2D eigenvalue weighted by molar-refractivity contribution is 5.68. The number of aromatic hydroxyl groups is 1. The fraction of sp³-hybridized carbons (Fsp3) is 0.300. The molecule has 1 unspecified atom stereocenters. The van der Waals surface area contributed by atoms with Gasteiger partial charge < -0.3 is 15.9 Å². The van der Waals surface area contributed by atoms with Crippen LogP contribution in [0.15, 0.2) is 18.2 Å². The minimum absolute atomic E-state index is 0.106. The minimum atomic E-state index is -0.926. The maximum absolute atomic E-state index is 10.4. The molecule has 1 atom stereocenters. The summed E-state index contributed by atoms with van der Waals surface area (Å²) in [5.74, 6) is -0.765. The number of nitrogens with two attached hydrogens (primary N) is 1. The predicted molar refractivity (Wildman–Crippen MR) is 52.0 cm³/mol. The van der Waals surface area contributed by atoms with Crippen LogP contribution < -0.4 is 5.73 Å². The van der Waals surface area contributed by atoms with E-state index in [1.54, 1.807) is 19.1 Å². The van der Waals surface area contributed by atoms with Gasteiger partial charge in [-0.3, -0.25) is 4.79 Å². The molecule has 1 rings (SSSR count). The largest absolute Gasteiger partial charge is 0.508 e. The first kappa shape index (κ1) is 10.5. The smallest absolute Gasteiger partial charge is 0.305 e. The molecule has 1 aromatic carbocycles. The van der Waals surface area contributed by atoms with Gasteiger partial charge in [-0.25, -0.2) is 0 Å². The van der Waals surface area contributed by atoms with E-state index >= 15 is 0 Å². The Morgan fingerprint density at radius 2 is 2.21 bits per heavy atom. The van der Waals surface area contributed by atoms with Crippen molar-refractivity contribution in [1.82, 2.24) is 0 Å². The van der Waals surface area contributed by atoms with Crippen molar-refractivity contribution in [3.63, 3.8) is 0 Å². The summed E-state index contributed by atoms with van der Waals surface area (Å²) < 4.78 is 0. The average Bonchev–Trinajstić information content (AvgIpc) is 2.01. The Labute approximate surface area is 82.0 Å². The maximum atomic E-state index is 10.4. The van der Waals surface area contributed by atoms with Crippen molar-refractivity contribution >= 4 is 5.97 Å². The number of phenols is 1. The highest BCUT2D eigenvalue weighted by atomic mass is 16.4. The van der Waals surface area contributed by atoms with Crippen LogP contribution >= 0.6 is 0 Å². The summed E-state index contributed by atoms with van der Waals surface area (Å²) in [6.07, 6.45) is -0.106. The average molecular weight is 195 g/mol. The number of hydrogen-bond donors (Lipinski definition) is 3. The number of carboxylic acids is 1. The topological polar surface area (TPSA) is 83.5 Å². The van der Waals surface area contributed by atoms with Gasteiger partial charge in [-0.15, -0.1) is 0 Å². The third-order valence-electron chi connectivity index (χ3n) is 2.05. The molecule has 0 aliphatic rings. The Morgan fingerprint density at radius 1 is 1.57 bits per heavy atom. The van der Waals surface area contributed by atoms with Crippen LogP contribution in [-0.4, -0.2) is 16.2 Å². The molecular formula is C10H13NO3. The van der Waals surface area contributed by atoms with Crippen molar-refractivity contribution in [1.29, 1.82) is 0 Å². The van der Waals surface area contributed by atoms with E-state index in [1.165, 1.54) is 6.07 Å². The van der Waals surface area contributed by atoms with E-state index in [-0.39, 0.29) is 12.2 Å². The van der Waals surface area contributed by atoms with Gasteiger partial charge in [0.25, 0.3) is 0 Å². The fourth-order valence-corrected chi connectivity index (χ4v) is 1.37. The van der Waals surface area contributed by atoms with E-state index in [9.17, 15) is 4.79 Å². The Balaban J connectivity index is 2.90. The minimum Gasteiger partial charge on any atom is -0.508 e. The van der Waals surface area contributed by atoms with Crippen LogP contribution in [-0.2, 0) is 4.79 Å². The molecule has 0 amide bonds. The molecule has 0 radical (unpaired) electrons. The normalized spacial score (nSPS) is 12.4. The van der Waals surface area contributed by atoms with E-state index in [0.717, 1.165) is 11.1 Å². The van der Waals surface area contributed by atoms with E-state index < -0.39 is 12.0 Å². The molecule has 0 saturated carbocycles. The van der Waals surface area contributed by atoms with Gasteiger partial charge in [-0.05, 0) is 30.2 Å². The maximum Gasteiger partial charge on any atom is 0.305 e. The SMILES string of the molecule is Cc1cc(O)ccc1C(N)CC(=O)O. The lowest BCUT2D eigenvalue weighted by molar-refractivity contribution is -0.137. The van der Waals surface area contributed by atoms with Crippen molar-refractivity contribution < 1.29 is 15.0 Å². The number of aliphatic carboxylic acids is 1. The molecule has 0 bridgehead atoms. The first-order valence-electron chi connectivity index (χ1n) is 4.27. The van der Waals surface area contributed by atoms with E-state index in [4.69, 9.17) is 15.9 Å². The Bertz CT molecular complexity index is 349. The lowest BCUT2D eigenvalue weighted by Crippen LogP contribution is -2.15. The van der Waals surface area contributed by atoms with E-state index in [1.807, 2.05) is 0 Å². The third-order valence-corrected chi connectivity index (χ3v) is 2.05. The van der Waals surface area contributed by atoms with Gasteiger partial charge >= 0.3 is 5.97 Å². The molecule has 4 N–H and O–H groups in total. The second kappa shape index (κ2) is 4.11. The molecule has 0 fully saturated rings. The zero-order valence-corrected chi connectivity index (χ0v) is 7.90. The monoisotopic (exact) mass is 195 g/mol. The van der Waals surface area contributed by atoms with Crippen molar-refractivity contribution in [2.45, 2.75) is 19.4 Å². The lowest BCUT2D eigenvalue weighted by Gasteiger charge is -2.12. The number of benzene rings is 1. The lowest BCUT2D eigenvalue weighted by atomic mass is 9.99. The van der Waals surface area contributed by atoms with Crippen molar-refractivity contribution in [3.05, 3.63) is 29.3 Å². The first-order valence-corrected chi connectivity index (χ1v) is 4.27. The molecule has 0 heterocycles. The highest BCUT2D eigenvalue weighted by Crippen LogP contribution is 2.22. The Hall–Kier alpha value is -1.55. The van der Waals surface area contributed by atoms with Crippen LogP contribution in [0.4, 0.5) is 0 Å². The number of carbonyl (C=O) groups is 1. The molecule has 0 aliphatic heterocycles. The van der Waals surface area contributed by atoms with Crippen molar-refractivity contribution in [2.75, 3.05) is 0 Å². The number of aryl methyl sites for hydroxylation is 1. The van der Waals surface area contributed by atoms with Crippen molar-refractivity contribution in [2.24, 2.45) is 5.73 Å². The molecule has 0 aliphatic carbocycles. The van der Waals surface area contributed by atoms with E-state index in [0.29, 0.717) is 0 Å². The number of rotatable bonds is 3. The number of hydrogen-bond acceptors (Lipinski definition) is 3. The van der Waals surface area contributed by atoms with Gasteiger partial charge in [-0.2, -0.15) is 0 Å². The summed E-state index contributed by atoms with van der Waals surface area (Å²) in [7, 11) is 0. The molecule has 14 heavy (non-hydrogen) atoms. The molecule has 0 aromatic heterocycles. The standard InChI is InChI=1S/C10H13NO3/c1-6-4-7(12)2-3-8(6)9(11)5-10(13)14/h2-4,9,12H,5,11H2,1H3,(H,13,14). The summed E-state index contributed by atoms with van der Waals surface area (Å²) in [4.78, 5) is 10.4. The zero-order valence-electron chi connectivity index (χ0n) is 7.90. The van der Waals surface area contributed by atoms with Gasteiger partial charge in [-0.1, -0.05) is 6.07 Å². The van der Waals surface area contributed by atoms with Gasteiger partial charge in [0, 0.05) is 6.04 Å². The zero-order chi connectivity index (χ0) is 10.7. The van der Waals surface area contributed by atoms with Crippen LogP contribution in [0, 0.1) is 6.92 Å². The fourth-order valence-electron chi connectivity index (χ4n) is 1.37. The number of carboxylic acid groups (broad SMARTS) is 1. The Kier molecular flexibility index (Phi) is 3.09. The van der Waals surface area contributed by atoms with Crippen LogP contribution in [0.1, 0.15) is 23.6 Å². The molecule has 76 valence electrons. The summed E-state index contributed by atoms with van der Waals surface area (Å²) in [6.45, 7) is 1.79. The van der Waals surface area contributed by atoms with Crippen molar-refractivity contribution in [3.8, 4) is 5.75 Å². The van der Waals surface area contributed by atoms with Crippen LogP contribution in [0.25, 0.3) is 0 Å². The second-order valence-electron chi connectivity index (χ2n) is 3.25. The first-order chi connectivity index (χ1) is 6.50. The summed E-state index contributed by atoms with van der Waals surface area (Å²) in [5, 5.41) is 17.7. The quantitative estimate of drug-likeness (QED) is 0.676. The predicted octanol–water partition coefficient (Wildman–Crippen LogP) is 1.18. The number of phenolic OH excluding ortho intramolecular Hbond substituents is 1. The van der Waals surface area contributed by atoms with Gasteiger partial charge in [0.1, 0.15) is 5.75 Å². The second-order valence-corrected chi connectivity index (χ2v) is 3.25. The van der Waals surface area contributed by atoms with Gasteiger partial charge in [0.2, 0.25) is 0 Å². The molecule has 4 nitrogen and oxygen atoms in total. The Morgan fingerprint density at radius 3 is 2.71 bits per heavy atom. The van der Waals surface area contributed by atoms with E-state index in [2.05, 4.69) is 0 Å². The summed E-state index contributed by atoms with van der Waals surface area (Å²) in [6, 6.07) is 4.20. The molecular weight excluding hydrogens is 182 g/mol. The molecule has 4 heteroatoms. The molecule has 0 saturated heterocycles. The molecule has 0 spiro atoms. The highest BCUT2D eigenvalue weighted by Gasteiger charge is 2.12. The summed E-state index contributed by atoms with van der Waals surface area (Å²) >= 11 is 0. The van der Waals surface area contributed by atoms with Crippen LogP contribution in [0.5, 0.6) is 5.75 Å². The third kappa shape index (κ3) is 2.47. The molecule has 1 aromatic rings. The van der Waals surface area contributed by atoms with Crippen LogP contribution in [0.3, 0.4) is 0 Å². The summed E-state index contributed by atoms with van der Waals surface area (Å²) in [5.41, 5.74) is 7.24.